The smallest absolute Gasteiger partial charge is 0.416 e. The fourth-order valence-corrected chi connectivity index (χ4v) is 8.76. The average Bonchev–Trinajstić information content (AvgIpc) is 3.32. The highest BCUT2D eigenvalue weighted by Crippen LogP contribution is 2.49. The first-order valence-corrected chi connectivity index (χ1v) is 22.1. The summed E-state index contributed by atoms with van der Waals surface area (Å²) in [6.45, 7) is 0. The van der Waals surface area contributed by atoms with Gasteiger partial charge in [-0.2, -0.15) is 52.7 Å². The van der Waals surface area contributed by atoms with Crippen molar-refractivity contribution in [2.75, 3.05) is 11.5 Å². The number of alkyl halides is 12. The molecule has 0 amide bonds. The van der Waals surface area contributed by atoms with Gasteiger partial charge in [0.1, 0.15) is 23.0 Å². The van der Waals surface area contributed by atoms with Gasteiger partial charge in [0.2, 0.25) is 9.84 Å². The van der Waals surface area contributed by atoms with E-state index in [1.807, 2.05) is 0 Å². The summed E-state index contributed by atoms with van der Waals surface area (Å²) in [5.74, 6) is -0.321. The zero-order valence-electron chi connectivity index (χ0n) is 35.9. The molecule has 0 radical (unpaired) electrons. The predicted octanol–water partition coefficient (Wildman–Crippen LogP) is 16.0. The maximum atomic E-state index is 15.4. The molecule has 8 aromatic carbocycles. The summed E-state index contributed by atoms with van der Waals surface area (Å²) < 4.78 is 210. The molecule has 0 saturated heterocycles. The number of nitrogen functional groups attached to an aromatic ring is 2. The number of hydrogen-bond donors (Lipinski definition) is 2. The molecule has 8 rings (SSSR count). The van der Waals surface area contributed by atoms with Crippen LogP contribution in [-0.2, 0) is 34.5 Å². The Bertz CT molecular complexity index is 2960. The van der Waals surface area contributed by atoms with Gasteiger partial charge in [-0.1, -0.05) is 48.5 Å². The lowest BCUT2D eigenvalue weighted by atomic mass is 9.95. The lowest BCUT2D eigenvalue weighted by Crippen LogP contribution is -2.07. The first kappa shape index (κ1) is 49.5. The molecule has 0 atom stereocenters. The largest absolute Gasteiger partial charge is 0.456 e. The molecule has 0 heterocycles. The van der Waals surface area contributed by atoms with Crippen molar-refractivity contribution in [2.24, 2.45) is 0 Å². The summed E-state index contributed by atoms with van der Waals surface area (Å²) in [5.41, 5.74) is 7.05. The van der Waals surface area contributed by atoms with Gasteiger partial charge < -0.3 is 20.9 Å². The van der Waals surface area contributed by atoms with E-state index in [4.69, 9.17) is 20.9 Å². The molecule has 0 unspecified atom stereocenters. The van der Waals surface area contributed by atoms with Gasteiger partial charge in [0.25, 0.3) is 0 Å². The third-order valence-electron chi connectivity index (χ3n) is 11.0. The number of sulfone groups is 1. The Labute approximate surface area is 396 Å². The van der Waals surface area contributed by atoms with Crippen LogP contribution in [-0.4, -0.2) is 8.42 Å². The summed E-state index contributed by atoms with van der Waals surface area (Å²) in [6, 6.07) is 29.5. The maximum absolute atomic E-state index is 15.4. The number of ether oxygens (including phenoxy) is 2. The van der Waals surface area contributed by atoms with Crippen molar-refractivity contribution >= 4 is 21.2 Å². The molecule has 0 bridgehead atoms. The molecule has 0 spiro atoms. The van der Waals surface area contributed by atoms with E-state index in [-0.39, 0.29) is 67.5 Å². The number of halogens is 12. The molecule has 0 aliphatic rings. The van der Waals surface area contributed by atoms with Crippen LogP contribution >= 0.6 is 0 Å². The van der Waals surface area contributed by atoms with Crippen molar-refractivity contribution in [3.63, 3.8) is 0 Å². The standard InChI is InChI=1S/C52H32F12N2O4S/c53-49(54,55)33-9-1-29(2-10-33)43-25-41(26-44(30-3-11-34(12-4-30)50(56,57)58)47(43)69-39-21-17-37(65)18-22-39)71(67,68)42-27-45(31-5-13-35(14-6-31)51(59,60)61)48(70-40-23-19-38(66)20-24-40)46(28-42)32-7-15-36(16-8-32)52(62,63)64/h1-28H,65-66H2. The van der Waals surface area contributed by atoms with Crippen molar-refractivity contribution in [1.29, 1.82) is 0 Å². The van der Waals surface area contributed by atoms with Crippen molar-refractivity contribution in [1.82, 2.24) is 0 Å². The van der Waals surface area contributed by atoms with Crippen LogP contribution in [0.15, 0.2) is 180 Å². The highest BCUT2D eigenvalue weighted by atomic mass is 32.2. The Morgan fingerprint density at radius 1 is 0.324 bits per heavy atom. The second-order valence-electron chi connectivity index (χ2n) is 15.8. The summed E-state index contributed by atoms with van der Waals surface area (Å²) >= 11 is 0. The van der Waals surface area contributed by atoms with E-state index in [0.717, 1.165) is 72.8 Å². The molecule has 0 aliphatic heterocycles. The van der Waals surface area contributed by atoms with Crippen LogP contribution in [0.25, 0.3) is 44.5 Å². The Kier molecular flexibility index (Phi) is 12.8. The lowest BCUT2D eigenvalue weighted by Gasteiger charge is -2.21. The molecular weight excluding hydrogens is 977 g/mol. The lowest BCUT2D eigenvalue weighted by molar-refractivity contribution is -0.138. The molecule has 0 aliphatic carbocycles. The Morgan fingerprint density at radius 3 is 0.732 bits per heavy atom. The minimum atomic E-state index is -5.04. The third-order valence-corrected chi connectivity index (χ3v) is 12.8. The monoisotopic (exact) mass is 1010 g/mol. The van der Waals surface area contributed by atoms with Gasteiger partial charge in [-0.05, 0) is 144 Å². The normalized spacial score (nSPS) is 12.5. The first-order chi connectivity index (χ1) is 33.3. The van der Waals surface area contributed by atoms with E-state index >= 15 is 8.42 Å². The maximum Gasteiger partial charge on any atom is 0.416 e. The van der Waals surface area contributed by atoms with Gasteiger partial charge in [-0.25, -0.2) is 8.42 Å². The van der Waals surface area contributed by atoms with Gasteiger partial charge in [0.15, 0.2) is 0 Å². The van der Waals surface area contributed by atoms with Crippen molar-refractivity contribution < 1.29 is 70.6 Å². The van der Waals surface area contributed by atoms with Crippen LogP contribution in [0.2, 0.25) is 0 Å². The highest BCUT2D eigenvalue weighted by Gasteiger charge is 2.35. The van der Waals surface area contributed by atoms with E-state index in [1.54, 1.807) is 0 Å². The van der Waals surface area contributed by atoms with Crippen LogP contribution < -0.4 is 20.9 Å². The van der Waals surface area contributed by atoms with Crippen LogP contribution in [0.1, 0.15) is 22.3 Å². The van der Waals surface area contributed by atoms with Crippen molar-refractivity contribution in [3.05, 3.63) is 192 Å². The van der Waals surface area contributed by atoms with E-state index in [1.165, 1.54) is 48.5 Å². The van der Waals surface area contributed by atoms with Gasteiger partial charge in [-0.15, -0.1) is 0 Å². The van der Waals surface area contributed by atoms with E-state index in [0.29, 0.717) is 59.9 Å². The molecule has 8 aromatic rings. The molecule has 71 heavy (non-hydrogen) atoms. The van der Waals surface area contributed by atoms with Crippen molar-refractivity contribution in [2.45, 2.75) is 34.5 Å². The van der Waals surface area contributed by atoms with E-state index < -0.39 is 66.6 Å². The van der Waals surface area contributed by atoms with E-state index in [9.17, 15) is 52.7 Å². The molecular formula is C52H32F12N2O4S. The fourth-order valence-electron chi connectivity index (χ4n) is 7.39. The Morgan fingerprint density at radius 2 is 0.535 bits per heavy atom. The first-order valence-electron chi connectivity index (χ1n) is 20.6. The molecule has 0 saturated carbocycles. The molecule has 6 nitrogen and oxygen atoms in total. The Hall–Kier alpha value is -7.93. The number of benzene rings is 8. The third kappa shape index (κ3) is 10.8. The average molecular weight is 1010 g/mol. The fraction of sp³-hybridized carbons (Fsp3) is 0.0769. The zero-order chi connectivity index (χ0) is 51.3. The van der Waals surface area contributed by atoms with Gasteiger partial charge in [-0.3, -0.25) is 0 Å². The number of nitrogens with two attached hydrogens (primary N) is 2. The second kappa shape index (κ2) is 18.4. The summed E-state index contributed by atoms with van der Waals surface area (Å²) in [4.78, 5) is -1.26. The van der Waals surface area contributed by atoms with E-state index in [2.05, 4.69) is 0 Å². The molecule has 19 heteroatoms. The molecule has 0 fully saturated rings. The summed E-state index contributed by atoms with van der Waals surface area (Å²) in [7, 11) is -5.04. The van der Waals surface area contributed by atoms with Gasteiger partial charge in [0, 0.05) is 33.6 Å². The summed E-state index contributed by atoms with van der Waals surface area (Å²) in [6.07, 6.45) is -19.2. The van der Waals surface area contributed by atoms with Crippen LogP contribution in [0.4, 0.5) is 64.1 Å². The minimum Gasteiger partial charge on any atom is -0.456 e. The zero-order valence-corrected chi connectivity index (χ0v) is 36.7. The predicted molar refractivity (Wildman–Crippen MR) is 242 cm³/mol. The van der Waals surface area contributed by atoms with Crippen LogP contribution in [0.5, 0.6) is 23.0 Å². The minimum absolute atomic E-state index is 0.0585. The molecule has 0 aromatic heterocycles. The van der Waals surface area contributed by atoms with Crippen LogP contribution in [0.3, 0.4) is 0 Å². The Balaban J connectivity index is 1.43. The quantitative estimate of drug-likeness (QED) is 0.104. The SMILES string of the molecule is Nc1ccc(Oc2c(-c3ccc(C(F)(F)F)cc3)cc(S(=O)(=O)c3cc(-c4ccc(C(F)(F)F)cc4)c(Oc4ccc(N)cc4)c(-c4ccc(C(F)(F)F)cc4)c3)cc2-c2ccc(C(F)(F)F)cc2)cc1. The number of anilines is 2. The highest BCUT2D eigenvalue weighted by molar-refractivity contribution is 7.91. The van der Waals surface area contributed by atoms with Gasteiger partial charge in [0.05, 0.1) is 32.0 Å². The molecule has 4 N–H and O–H groups in total. The van der Waals surface area contributed by atoms with Crippen molar-refractivity contribution in [3.8, 4) is 67.5 Å². The summed E-state index contributed by atoms with van der Waals surface area (Å²) in [5, 5.41) is 0. The van der Waals surface area contributed by atoms with Gasteiger partial charge >= 0.3 is 24.7 Å². The number of hydrogen-bond acceptors (Lipinski definition) is 6. The van der Waals surface area contributed by atoms with Crippen LogP contribution in [0, 0.1) is 0 Å². The topological polar surface area (TPSA) is 105 Å². The molecule has 364 valence electrons. The number of rotatable bonds is 10. The second-order valence-corrected chi connectivity index (χ2v) is 17.8.